The van der Waals surface area contributed by atoms with E-state index in [-0.39, 0.29) is 0 Å². The molecule has 0 aliphatic rings. The van der Waals surface area contributed by atoms with E-state index in [9.17, 15) is 14.4 Å². The Kier molecular flexibility index (Phi) is 5.76. The van der Waals surface area contributed by atoms with E-state index in [0.29, 0.717) is 6.42 Å². The van der Waals surface area contributed by atoms with Gasteiger partial charge in [0, 0.05) is 13.3 Å². The van der Waals surface area contributed by atoms with Gasteiger partial charge >= 0.3 is 5.97 Å². The summed E-state index contributed by atoms with van der Waals surface area (Å²) in [6.45, 7) is 2.64. The van der Waals surface area contributed by atoms with Crippen molar-refractivity contribution in [1.29, 1.82) is 0 Å². The quantitative estimate of drug-likeness (QED) is 0.451. The molecule has 0 saturated carbocycles. The molecule has 0 heterocycles. The maximum atomic E-state index is 10.9. The second kappa shape index (κ2) is 6.34. The lowest BCUT2D eigenvalue weighted by Gasteiger charge is -1.99. The standard InChI is InChI=1S/C9H13O4/c1-3-4-5-8(11)9(12)6-13-7(2)10/h5H,3-4,6H2,1-2H3. The van der Waals surface area contributed by atoms with Gasteiger partial charge in [0.25, 0.3) is 0 Å². The Morgan fingerprint density at radius 3 is 2.38 bits per heavy atom. The van der Waals surface area contributed by atoms with Crippen molar-refractivity contribution in [2.45, 2.75) is 26.7 Å². The van der Waals surface area contributed by atoms with Crippen molar-refractivity contribution in [3.63, 3.8) is 0 Å². The number of rotatable bonds is 6. The van der Waals surface area contributed by atoms with Crippen molar-refractivity contribution in [1.82, 2.24) is 0 Å². The van der Waals surface area contributed by atoms with Crippen LogP contribution in [0.15, 0.2) is 0 Å². The Bertz CT molecular complexity index is 208. The maximum absolute atomic E-state index is 10.9. The predicted molar refractivity (Wildman–Crippen MR) is 45.9 cm³/mol. The van der Waals surface area contributed by atoms with Crippen LogP contribution in [0.1, 0.15) is 26.7 Å². The van der Waals surface area contributed by atoms with Gasteiger partial charge in [0.15, 0.2) is 6.61 Å². The zero-order chi connectivity index (χ0) is 10.3. The van der Waals surface area contributed by atoms with Gasteiger partial charge in [-0.2, -0.15) is 0 Å². The number of hydrogen-bond acceptors (Lipinski definition) is 4. The number of unbranched alkanes of at least 4 members (excludes halogenated alkanes) is 1. The molecule has 0 fully saturated rings. The van der Waals surface area contributed by atoms with Crippen LogP contribution in [0.4, 0.5) is 0 Å². The molecule has 4 heteroatoms. The average Bonchev–Trinajstić information content (AvgIpc) is 2.10. The highest BCUT2D eigenvalue weighted by Gasteiger charge is 2.14. The molecule has 0 rings (SSSR count). The van der Waals surface area contributed by atoms with Gasteiger partial charge in [0.05, 0.1) is 0 Å². The number of Topliss-reactive ketones (excluding diaryl/α,β-unsaturated/α-hetero) is 2. The third-order valence-corrected chi connectivity index (χ3v) is 1.30. The van der Waals surface area contributed by atoms with E-state index in [1.165, 1.54) is 13.3 Å². The number of ketones is 2. The molecule has 0 saturated heterocycles. The summed E-state index contributed by atoms with van der Waals surface area (Å²) in [5.74, 6) is -1.82. The summed E-state index contributed by atoms with van der Waals surface area (Å²) in [5, 5.41) is 0. The summed E-state index contributed by atoms with van der Waals surface area (Å²) in [6.07, 6.45) is 2.70. The van der Waals surface area contributed by atoms with Crippen LogP contribution in [0.2, 0.25) is 0 Å². The third-order valence-electron chi connectivity index (χ3n) is 1.30. The van der Waals surface area contributed by atoms with Crippen LogP contribution in [-0.2, 0) is 19.1 Å². The topological polar surface area (TPSA) is 60.4 Å². The van der Waals surface area contributed by atoms with Crippen LogP contribution in [0, 0.1) is 6.42 Å². The van der Waals surface area contributed by atoms with Gasteiger partial charge in [-0.1, -0.05) is 13.3 Å². The highest BCUT2D eigenvalue weighted by Crippen LogP contribution is 1.95. The van der Waals surface area contributed by atoms with E-state index in [2.05, 4.69) is 4.74 Å². The average molecular weight is 185 g/mol. The van der Waals surface area contributed by atoms with E-state index in [0.717, 1.165) is 6.42 Å². The van der Waals surface area contributed by atoms with E-state index in [4.69, 9.17) is 0 Å². The monoisotopic (exact) mass is 185 g/mol. The molecule has 0 aliphatic carbocycles. The second-order valence-electron chi connectivity index (χ2n) is 2.56. The van der Waals surface area contributed by atoms with Gasteiger partial charge < -0.3 is 4.74 Å². The van der Waals surface area contributed by atoms with Crippen LogP contribution in [0.3, 0.4) is 0 Å². The van der Waals surface area contributed by atoms with E-state index < -0.39 is 24.1 Å². The minimum Gasteiger partial charge on any atom is -0.457 e. The van der Waals surface area contributed by atoms with Crippen molar-refractivity contribution in [2.24, 2.45) is 0 Å². The molecule has 0 aliphatic heterocycles. The minimum absolute atomic E-state index is 0.450. The molecule has 0 bridgehead atoms. The van der Waals surface area contributed by atoms with Crippen LogP contribution < -0.4 is 0 Å². The van der Waals surface area contributed by atoms with Crippen LogP contribution >= 0.6 is 0 Å². The number of carbonyl (C=O) groups excluding carboxylic acids is 3. The zero-order valence-electron chi connectivity index (χ0n) is 7.83. The Morgan fingerprint density at radius 1 is 1.31 bits per heavy atom. The van der Waals surface area contributed by atoms with E-state index in [1.807, 2.05) is 6.92 Å². The first-order valence-electron chi connectivity index (χ1n) is 4.11. The first-order valence-corrected chi connectivity index (χ1v) is 4.11. The summed E-state index contributed by atoms with van der Waals surface area (Å²) in [7, 11) is 0. The van der Waals surface area contributed by atoms with Gasteiger partial charge in [-0.05, 0) is 6.42 Å². The molecular formula is C9H13O4. The van der Waals surface area contributed by atoms with Crippen molar-refractivity contribution in [3.8, 4) is 0 Å². The predicted octanol–water partition coefficient (Wildman–Crippen LogP) is 0.692. The Balaban J connectivity index is 3.70. The molecule has 0 spiro atoms. The molecule has 0 unspecified atom stereocenters. The smallest absolute Gasteiger partial charge is 0.303 e. The molecule has 0 aromatic heterocycles. The summed E-state index contributed by atoms with van der Waals surface area (Å²) in [4.78, 5) is 32.1. The summed E-state index contributed by atoms with van der Waals surface area (Å²) in [5.41, 5.74) is 0. The van der Waals surface area contributed by atoms with Crippen LogP contribution in [0.25, 0.3) is 0 Å². The summed E-state index contributed by atoms with van der Waals surface area (Å²) < 4.78 is 4.38. The van der Waals surface area contributed by atoms with Gasteiger partial charge in [-0.15, -0.1) is 0 Å². The van der Waals surface area contributed by atoms with Crippen LogP contribution in [0.5, 0.6) is 0 Å². The SMILES string of the molecule is CCC[CH]C(=O)C(=O)COC(C)=O. The maximum Gasteiger partial charge on any atom is 0.303 e. The molecule has 0 N–H and O–H groups in total. The fraction of sp³-hybridized carbons (Fsp3) is 0.556. The molecule has 0 aromatic carbocycles. The molecule has 0 aromatic rings. The van der Waals surface area contributed by atoms with Crippen LogP contribution in [-0.4, -0.2) is 24.1 Å². The molecule has 13 heavy (non-hydrogen) atoms. The summed E-state index contributed by atoms with van der Waals surface area (Å²) >= 11 is 0. The van der Waals surface area contributed by atoms with Gasteiger partial charge in [-0.25, -0.2) is 0 Å². The van der Waals surface area contributed by atoms with Gasteiger partial charge in [0.1, 0.15) is 0 Å². The highest BCUT2D eigenvalue weighted by atomic mass is 16.5. The molecule has 4 nitrogen and oxygen atoms in total. The lowest BCUT2D eigenvalue weighted by atomic mass is 10.1. The minimum atomic E-state index is -0.677. The molecule has 0 amide bonds. The van der Waals surface area contributed by atoms with Gasteiger partial charge in [0.2, 0.25) is 11.6 Å². The first kappa shape index (κ1) is 11.8. The molecule has 0 atom stereocenters. The number of esters is 1. The largest absolute Gasteiger partial charge is 0.457 e. The van der Waals surface area contributed by atoms with Crippen molar-refractivity contribution < 1.29 is 19.1 Å². The molecular weight excluding hydrogens is 172 g/mol. The van der Waals surface area contributed by atoms with E-state index >= 15 is 0 Å². The summed E-state index contributed by atoms with van der Waals surface area (Å²) in [6, 6.07) is 0. The zero-order valence-corrected chi connectivity index (χ0v) is 7.83. The third kappa shape index (κ3) is 6.02. The Morgan fingerprint density at radius 2 is 1.92 bits per heavy atom. The van der Waals surface area contributed by atoms with Gasteiger partial charge in [-0.3, -0.25) is 14.4 Å². The Labute approximate surface area is 77.3 Å². The lowest BCUT2D eigenvalue weighted by molar-refractivity contribution is -0.147. The van der Waals surface area contributed by atoms with Crippen molar-refractivity contribution in [2.75, 3.05) is 6.61 Å². The normalized spacial score (nSPS) is 9.38. The number of ether oxygens (including phenoxy) is 1. The Hall–Kier alpha value is -1.19. The highest BCUT2D eigenvalue weighted by molar-refractivity contribution is 6.41. The fourth-order valence-electron chi connectivity index (χ4n) is 0.628. The second-order valence-corrected chi connectivity index (χ2v) is 2.56. The number of carbonyl (C=O) groups is 3. The van der Waals surface area contributed by atoms with Crippen molar-refractivity contribution >= 4 is 17.5 Å². The molecule has 1 radical (unpaired) electrons. The first-order chi connectivity index (χ1) is 6.07. The van der Waals surface area contributed by atoms with E-state index in [1.54, 1.807) is 0 Å². The lowest BCUT2D eigenvalue weighted by Crippen LogP contribution is -2.21. The fourth-order valence-corrected chi connectivity index (χ4v) is 0.628. The molecule has 73 valence electrons. The van der Waals surface area contributed by atoms with Crippen molar-refractivity contribution in [3.05, 3.63) is 6.42 Å². The number of hydrogen-bond donors (Lipinski definition) is 0.